The molecule has 3 aromatic carbocycles. The maximum absolute atomic E-state index is 13.5. The number of benzene rings is 3. The van der Waals surface area contributed by atoms with E-state index >= 15 is 0 Å². The van der Waals surface area contributed by atoms with Crippen LogP contribution in [0.2, 0.25) is 0 Å². The summed E-state index contributed by atoms with van der Waals surface area (Å²) in [6, 6.07) is 18.7. The molecule has 5 rings (SSSR count). The summed E-state index contributed by atoms with van der Waals surface area (Å²) in [4.78, 5) is 18.1. The van der Waals surface area contributed by atoms with E-state index in [2.05, 4.69) is 21.9 Å². The van der Waals surface area contributed by atoms with Crippen LogP contribution in [-0.4, -0.2) is 50.4 Å². The first-order valence-electron chi connectivity index (χ1n) is 12.0. The lowest BCUT2D eigenvalue weighted by atomic mass is 10.0. The summed E-state index contributed by atoms with van der Waals surface area (Å²) in [6.45, 7) is 5.68. The number of phenols is 1. The van der Waals surface area contributed by atoms with Crippen molar-refractivity contribution in [3.63, 3.8) is 0 Å². The van der Waals surface area contributed by atoms with Gasteiger partial charge < -0.3 is 23.9 Å². The van der Waals surface area contributed by atoms with E-state index in [-0.39, 0.29) is 11.2 Å². The Morgan fingerprint density at radius 3 is 2.08 bits per heavy atom. The van der Waals surface area contributed by atoms with Gasteiger partial charge in [0.15, 0.2) is 0 Å². The molecular formula is C29H30N2O5. The number of aromatic hydroxyl groups is 1. The number of hydrogen-bond donors (Lipinski definition) is 1. The van der Waals surface area contributed by atoms with Crippen molar-refractivity contribution in [1.82, 2.24) is 4.90 Å². The SMILES string of the molecule is COc1ccc(-c2c(C)oc3c(CN4CCN(c5ccc(OC)cc5)CC4)c(O)ccc3c2=O)cc1. The first kappa shape index (κ1) is 23.8. The molecule has 186 valence electrons. The smallest absolute Gasteiger partial charge is 0.200 e. The van der Waals surface area contributed by atoms with Crippen LogP contribution in [0.15, 0.2) is 69.9 Å². The van der Waals surface area contributed by atoms with Crippen molar-refractivity contribution in [3.8, 4) is 28.4 Å². The Morgan fingerprint density at radius 2 is 1.47 bits per heavy atom. The van der Waals surface area contributed by atoms with Crippen LogP contribution >= 0.6 is 0 Å². The maximum atomic E-state index is 13.5. The molecule has 7 nitrogen and oxygen atoms in total. The van der Waals surface area contributed by atoms with Gasteiger partial charge in [-0.1, -0.05) is 12.1 Å². The number of anilines is 1. The molecular weight excluding hydrogens is 456 g/mol. The van der Waals surface area contributed by atoms with Gasteiger partial charge in [-0.05, 0) is 61.0 Å². The summed E-state index contributed by atoms with van der Waals surface area (Å²) >= 11 is 0. The second-order valence-electron chi connectivity index (χ2n) is 8.99. The van der Waals surface area contributed by atoms with Gasteiger partial charge >= 0.3 is 0 Å². The Labute approximate surface area is 210 Å². The van der Waals surface area contributed by atoms with Crippen LogP contribution in [0.3, 0.4) is 0 Å². The van der Waals surface area contributed by atoms with Crippen LogP contribution < -0.4 is 19.8 Å². The number of ether oxygens (including phenoxy) is 2. The van der Waals surface area contributed by atoms with Gasteiger partial charge in [0.1, 0.15) is 28.6 Å². The highest BCUT2D eigenvalue weighted by Gasteiger charge is 2.22. The fraction of sp³-hybridized carbons (Fsp3) is 0.276. The van der Waals surface area contributed by atoms with E-state index in [4.69, 9.17) is 13.9 Å². The molecule has 2 heterocycles. The zero-order chi connectivity index (χ0) is 25.2. The van der Waals surface area contributed by atoms with Gasteiger partial charge in [-0.2, -0.15) is 0 Å². The average Bonchev–Trinajstić information content (AvgIpc) is 2.91. The summed E-state index contributed by atoms with van der Waals surface area (Å²) in [5.41, 5.74) is 3.45. The number of nitrogens with zero attached hydrogens (tertiary/aromatic N) is 2. The second kappa shape index (κ2) is 9.95. The van der Waals surface area contributed by atoms with E-state index < -0.39 is 0 Å². The Kier molecular flexibility index (Phi) is 6.57. The molecule has 36 heavy (non-hydrogen) atoms. The zero-order valence-electron chi connectivity index (χ0n) is 20.8. The summed E-state index contributed by atoms with van der Waals surface area (Å²) < 4.78 is 16.7. The molecule has 1 aliphatic heterocycles. The predicted molar refractivity (Wildman–Crippen MR) is 141 cm³/mol. The number of fused-ring (bicyclic) bond motifs is 1. The number of aryl methyl sites for hydroxylation is 1. The summed E-state index contributed by atoms with van der Waals surface area (Å²) in [5.74, 6) is 2.23. The molecule has 1 aliphatic rings. The summed E-state index contributed by atoms with van der Waals surface area (Å²) in [7, 11) is 3.28. The van der Waals surface area contributed by atoms with Gasteiger partial charge in [-0.25, -0.2) is 0 Å². The van der Waals surface area contributed by atoms with E-state index in [0.29, 0.717) is 34.4 Å². The number of piperazine rings is 1. The minimum absolute atomic E-state index is 0.107. The molecule has 0 spiro atoms. The Bertz CT molecular complexity index is 1420. The van der Waals surface area contributed by atoms with Crippen molar-refractivity contribution in [3.05, 3.63) is 82.2 Å². The van der Waals surface area contributed by atoms with Gasteiger partial charge in [0, 0.05) is 38.4 Å². The van der Waals surface area contributed by atoms with E-state index in [1.165, 1.54) is 0 Å². The van der Waals surface area contributed by atoms with Crippen molar-refractivity contribution in [1.29, 1.82) is 0 Å². The fourth-order valence-corrected chi connectivity index (χ4v) is 4.84. The van der Waals surface area contributed by atoms with Gasteiger partial charge in [0.2, 0.25) is 5.43 Å². The van der Waals surface area contributed by atoms with Crippen molar-refractivity contribution in [2.75, 3.05) is 45.3 Å². The summed E-state index contributed by atoms with van der Waals surface area (Å²) in [6.07, 6.45) is 0. The highest BCUT2D eigenvalue weighted by molar-refractivity contribution is 5.86. The first-order chi connectivity index (χ1) is 17.5. The molecule has 0 saturated carbocycles. The topological polar surface area (TPSA) is 75.4 Å². The molecule has 4 aromatic rings. The standard InChI is InChI=1S/C29H30N2O5/c1-19-27(20-4-8-22(34-2)9-5-20)28(33)24-12-13-26(32)25(29(24)36-19)18-30-14-16-31(17-15-30)21-6-10-23(35-3)11-7-21/h4-13,32H,14-18H2,1-3H3. The average molecular weight is 487 g/mol. The molecule has 0 atom stereocenters. The molecule has 0 aliphatic carbocycles. The number of methoxy groups -OCH3 is 2. The zero-order valence-corrected chi connectivity index (χ0v) is 20.8. The normalized spacial score (nSPS) is 14.2. The van der Waals surface area contributed by atoms with Crippen LogP contribution in [-0.2, 0) is 6.54 Å². The highest BCUT2D eigenvalue weighted by atomic mass is 16.5. The number of hydrogen-bond acceptors (Lipinski definition) is 7. The van der Waals surface area contributed by atoms with Crippen molar-refractivity contribution in [2.24, 2.45) is 0 Å². The van der Waals surface area contributed by atoms with E-state index in [1.54, 1.807) is 33.3 Å². The molecule has 7 heteroatoms. The van der Waals surface area contributed by atoms with Crippen LogP contribution in [0.25, 0.3) is 22.1 Å². The molecule has 0 bridgehead atoms. The monoisotopic (exact) mass is 486 g/mol. The van der Waals surface area contributed by atoms with Crippen molar-refractivity contribution in [2.45, 2.75) is 13.5 Å². The number of rotatable bonds is 6. The fourth-order valence-electron chi connectivity index (χ4n) is 4.84. The Hall–Kier alpha value is -3.97. The molecule has 0 radical (unpaired) electrons. The largest absolute Gasteiger partial charge is 0.507 e. The highest BCUT2D eigenvalue weighted by Crippen LogP contribution is 2.32. The molecule has 0 amide bonds. The predicted octanol–water partition coefficient (Wildman–Crippen LogP) is 4.81. The van der Waals surface area contributed by atoms with Crippen LogP contribution in [0, 0.1) is 6.92 Å². The molecule has 1 N–H and O–H groups in total. The minimum Gasteiger partial charge on any atom is -0.507 e. The third-order valence-electron chi connectivity index (χ3n) is 6.88. The van der Waals surface area contributed by atoms with Gasteiger partial charge in [-0.3, -0.25) is 9.69 Å². The van der Waals surface area contributed by atoms with Crippen LogP contribution in [0.1, 0.15) is 11.3 Å². The minimum atomic E-state index is -0.107. The molecule has 1 aromatic heterocycles. The third-order valence-corrected chi connectivity index (χ3v) is 6.88. The molecule has 1 fully saturated rings. The van der Waals surface area contributed by atoms with E-state index in [9.17, 15) is 9.90 Å². The first-order valence-corrected chi connectivity index (χ1v) is 12.0. The quantitative estimate of drug-likeness (QED) is 0.419. The maximum Gasteiger partial charge on any atom is 0.200 e. The lowest BCUT2D eigenvalue weighted by molar-refractivity contribution is 0.246. The van der Waals surface area contributed by atoms with Gasteiger partial charge in [0.25, 0.3) is 0 Å². The Balaban J connectivity index is 1.40. The Morgan fingerprint density at radius 1 is 0.861 bits per heavy atom. The van der Waals surface area contributed by atoms with Crippen molar-refractivity contribution < 1.29 is 19.0 Å². The molecule has 1 saturated heterocycles. The van der Waals surface area contributed by atoms with E-state index in [1.807, 2.05) is 36.4 Å². The van der Waals surface area contributed by atoms with Gasteiger partial charge in [-0.15, -0.1) is 0 Å². The molecule has 0 unspecified atom stereocenters. The lowest BCUT2D eigenvalue weighted by Gasteiger charge is -2.36. The van der Waals surface area contributed by atoms with Gasteiger partial charge in [0.05, 0.1) is 30.7 Å². The summed E-state index contributed by atoms with van der Waals surface area (Å²) in [5, 5.41) is 11.2. The van der Waals surface area contributed by atoms with Crippen molar-refractivity contribution >= 4 is 16.7 Å². The lowest BCUT2D eigenvalue weighted by Crippen LogP contribution is -2.46. The van der Waals surface area contributed by atoms with E-state index in [0.717, 1.165) is 48.9 Å². The second-order valence-corrected chi connectivity index (χ2v) is 8.99. The third kappa shape index (κ3) is 4.50. The van der Waals surface area contributed by atoms with Crippen LogP contribution in [0.4, 0.5) is 5.69 Å². The number of phenolic OH excluding ortho intramolecular Hbond substituents is 1. The van der Waals surface area contributed by atoms with Crippen LogP contribution in [0.5, 0.6) is 17.2 Å².